The van der Waals surface area contributed by atoms with Gasteiger partial charge in [-0.25, -0.2) is 0 Å². The molecule has 2 aliphatic rings. The zero-order chi connectivity index (χ0) is 13.8. The van der Waals surface area contributed by atoms with Gasteiger partial charge in [0.1, 0.15) is 11.5 Å². The SMILES string of the molecule is Cc1ccc(CCN[C@H]2CCOC3(CCOCC3)C2)o1. The maximum absolute atomic E-state index is 6.07. The average Bonchev–Trinajstić information content (AvgIpc) is 2.86. The van der Waals surface area contributed by atoms with Crippen molar-refractivity contribution in [3.05, 3.63) is 23.7 Å². The average molecular weight is 279 g/mol. The molecule has 2 fully saturated rings. The van der Waals surface area contributed by atoms with E-state index < -0.39 is 0 Å². The summed E-state index contributed by atoms with van der Waals surface area (Å²) in [6, 6.07) is 4.67. The smallest absolute Gasteiger partial charge is 0.105 e. The van der Waals surface area contributed by atoms with Gasteiger partial charge in [0, 0.05) is 38.8 Å². The predicted octanol–water partition coefficient (Wildman–Crippen LogP) is 2.45. The molecule has 0 saturated carbocycles. The summed E-state index contributed by atoms with van der Waals surface area (Å²) in [6.45, 7) is 5.53. The summed E-state index contributed by atoms with van der Waals surface area (Å²) in [5.41, 5.74) is 0.0788. The van der Waals surface area contributed by atoms with Crippen LogP contribution >= 0.6 is 0 Å². The lowest BCUT2D eigenvalue weighted by Crippen LogP contribution is -2.50. The van der Waals surface area contributed by atoms with E-state index in [0.717, 1.165) is 70.0 Å². The van der Waals surface area contributed by atoms with Gasteiger partial charge < -0.3 is 19.2 Å². The highest BCUT2D eigenvalue weighted by molar-refractivity contribution is 5.05. The second-order valence-corrected chi connectivity index (χ2v) is 6.05. The molecule has 1 spiro atoms. The molecule has 4 heteroatoms. The van der Waals surface area contributed by atoms with Gasteiger partial charge in [-0.05, 0) is 44.7 Å². The molecule has 1 atom stereocenters. The Morgan fingerprint density at radius 2 is 2.10 bits per heavy atom. The van der Waals surface area contributed by atoms with Gasteiger partial charge in [0.2, 0.25) is 0 Å². The first-order chi connectivity index (χ1) is 9.76. The molecule has 0 amide bonds. The van der Waals surface area contributed by atoms with Gasteiger partial charge in [-0.2, -0.15) is 0 Å². The molecular formula is C16H25NO3. The fraction of sp³-hybridized carbons (Fsp3) is 0.750. The highest BCUT2D eigenvalue weighted by atomic mass is 16.5. The Hall–Kier alpha value is -0.840. The number of aryl methyl sites for hydroxylation is 1. The van der Waals surface area contributed by atoms with Crippen LogP contribution in [0.1, 0.15) is 37.2 Å². The zero-order valence-corrected chi connectivity index (χ0v) is 12.3. The molecule has 112 valence electrons. The number of rotatable bonds is 4. The van der Waals surface area contributed by atoms with Gasteiger partial charge >= 0.3 is 0 Å². The molecule has 0 unspecified atom stereocenters. The molecule has 0 aliphatic carbocycles. The summed E-state index contributed by atoms with van der Waals surface area (Å²) >= 11 is 0. The number of ether oxygens (including phenoxy) is 2. The van der Waals surface area contributed by atoms with E-state index in [4.69, 9.17) is 13.9 Å². The summed E-state index contributed by atoms with van der Waals surface area (Å²) in [7, 11) is 0. The van der Waals surface area contributed by atoms with E-state index in [-0.39, 0.29) is 5.60 Å². The highest BCUT2D eigenvalue weighted by Crippen LogP contribution is 2.34. The van der Waals surface area contributed by atoms with E-state index in [1.54, 1.807) is 0 Å². The summed E-state index contributed by atoms with van der Waals surface area (Å²) in [4.78, 5) is 0. The molecule has 0 bridgehead atoms. The van der Waals surface area contributed by atoms with Crippen molar-refractivity contribution in [1.82, 2.24) is 5.32 Å². The van der Waals surface area contributed by atoms with Crippen molar-refractivity contribution in [3.63, 3.8) is 0 Å². The quantitative estimate of drug-likeness (QED) is 0.919. The Kier molecular flexibility index (Phi) is 4.44. The van der Waals surface area contributed by atoms with Crippen LogP contribution in [0.5, 0.6) is 0 Å². The lowest BCUT2D eigenvalue weighted by Gasteiger charge is -2.43. The Balaban J connectivity index is 1.45. The van der Waals surface area contributed by atoms with Crippen LogP contribution in [0.3, 0.4) is 0 Å². The highest BCUT2D eigenvalue weighted by Gasteiger charge is 2.38. The number of hydrogen-bond acceptors (Lipinski definition) is 4. The number of furan rings is 1. The molecule has 2 aliphatic heterocycles. The molecule has 0 aromatic carbocycles. The third-order valence-corrected chi connectivity index (χ3v) is 4.50. The Morgan fingerprint density at radius 3 is 2.85 bits per heavy atom. The molecule has 1 aromatic heterocycles. The van der Waals surface area contributed by atoms with Crippen LogP contribution in [0.4, 0.5) is 0 Å². The third-order valence-electron chi connectivity index (χ3n) is 4.50. The first-order valence-corrected chi connectivity index (χ1v) is 7.76. The molecular weight excluding hydrogens is 254 g/mol. The van der Waals surface area contributed by atoms with Crippen molar-refractivity contribution in [3.8, 4) is 0 Å². The zero-order valence-electron chi connectivity index (χ0n) is 12.3. The Labute approximate surface area is 120 Å². The van der Waals surface area contributed by atoms with E-state index in [1.807, 2.05) is 13.0 Å². The lowest BCUT2D eigenvalue weighted by atomic mass is 9.84. The van der Waals surface area contributed by atoms with E-state index in [1.165, 1.54) is 0 Å². The maximum atomic E-state index is 6.07. The molecule has 20 heavy (non-hydrogen) atoms. The second kappa shape index (κ2) is 6.29. The molecule has 1 aromatic rings. The molecule has 1 N–H and O–H groups in total. The minimum absolute atomic E-state index is 0.0788. The van der Waals surface area contributed by atoms with Gasteiger partial charge in [0.15, 0.2) is 0 Å². The predicted molar refractivity (Wildman–Crippen MR) is 76.9 cm³/mol. The van der Waals surface area contributed by atoms with E-state index in [9.17, 15) is 0 Å². The van der Waals surface area contributed by atoms with Gasteiger partial charge in [0.05, 0.1) is 5.60 Å². The van der Waals surface area contributed by atoms with Gasteiger partial charge in [-0.15, -0.1) is 0 Å². The standard InChI is InChI=1S/C16H25NO3/c1-13-2-3-15(20-13)4-8-17-14-5-9-19-16(12-14)6-10-18-11-7-16/h2-3,14,17H,4-12H2,1H3/t14-/m0/s1. The van der Waals surface area contributed by atoms with Gasteiger partial charge in [-0.1, -0.05) is 0 Å². The first kappa shape index (κ1) is 14.1. The second-order valence-electron chi connectivity index (χ2n) is 6.05. The van der Waals surface area contributed by atoms with Crippen molar-refractivity contribution in [1.29, 1.82) is 0 Å². The fourth-order valence-electron chi connectivity index (χ4n) is 3.31. The summed E-state index contributed by atoms with van der Waals surface area (Å²) in [5.74, 6) is 2.06. The summed E-state index contributed by atoms with van der Waals surface area (Å²) in [5, 5.41) is 3.67. The summed E-state index contributed by atoms with van der Waals surface area (Å²) < 4.78 is 17.1. The van der Waals surface area contributed by atoms with Crippen LogP contribution in [0, 0.1) is 6.92 Å². The van der Waals surface area contributed by atoms with Crippen LogP contribution in [0.15, 0.2) is 16.5 Å². The minimum atomic E-state index is 0.0788. The van der Waals surface area contributed by atoms with Crippen LogP contribution < -0.4 is 5.32 Å². The summed E-state index contributed by atoms with van der Waals surface area (Å²) in [6.07, 6.45) is 5.28. The molecule has 4 nitrogen and oxygen atoms in total. The molecule has 3 heterocycles. The van der Waals surface area contributed by atoms with E-state index in [2.05, 4.69) is 11.4 Å². The van der Waals surface area contributed by atoms with Crippen LogP contribution in [-0.2, 0) is 15.9 Å². The van der Waals surface area contributed by atoms with Gasteiger partial charge in [-0.3, -0.25) is 0 Å². The largest absolute Gasteiger partial charge is 0.466 e. The fourth-order valence-corrected chi connectivity index (χ4v) is 3.31. The molecule has 3 rings (SSSR count). The van der Waals surface area contributed by atoms with Gasteiger partial charge in [0.25, 0.3) is 0 Å². The molecule has 0 radical (unpaired) electrons. The van der Waals surface area contributed by atoms with Crippen LogP contribution in [0.25, 0.3) is 0 Å². The maximum Gasteiger partial charge on any atom is 0.105 e. The van der Waals surface area contributed by atoms with Crippen molar-refractivity contribution >= 4 is 0 Å². The topological polar surface area (TPSA) is 43.6 Å². The normalized spacial score (nSPS) is 25.9. The first-order valence-electron chi connectivity index (χ1n) is 7.76. The van der Waals surface area contributed by atoms with Crippen molar-refractivity contribution in [2.75, 3.05) is 26.4 Å². The Morgan fingerprint density at radius 1 is 1.25 bits per heavy atom. The lowest BCUT2D eigenvalue weighted by molar-refractivity contribution is -0.140. The van der Waals surface area contributed by atoms with E-state index >= 15 is 0 Å². The monoisotopic (exact) mass is 279 g/mol. The van der Waals surface area contributed by atoms with Crippen molar-refractivity contribution < 1.29 is 13.9 Å². The minimum Gasteiger partial charge on any atom is -0.466 e. The van der Waals surface area contributed by atoms with Crippen molar-refractivity contribution in [2.24, 2.45) is 0 Å². The number of hydrogen-bond donors (Lipinski definition) is 1. The number of nitrogens with one attached hydrogen (secondary N) is 1. The molecule has 2 saturated heterocycles. The van der Waals surface area contributed by atoms with Crippen LogP contribution in [0.2, 0.25) is 0 Å². The van der Waals surface area contributed by atoms with E-state index in [0.29, 0.717) is 6.04 Å². The van der Waals surface area contributed by atoms with Crippen molar-refractivity contribution in [2.45, 2.75) is 50.7 Å². The third kappa shape index (κ3) is 3.43. The Bertz CT molecular complexity index is 418. The van der Waals surface area contributed by atoms with Crippen LogP contribution in [-0.4, -0.2) is 38.0 Å².